The summed E-state index contributed by atoms with van der Waals surface area (Å²) in [6.45, 7) is 0.0801. The minimum Gasteiger partial charge on any atom is -0.332 e. The van der Waals surface area contributed by atoms with Crippen molar-refractivity contribution < 1.29 is 21.6 Å². The summed E-state index contributed by atoms with van der Waals surface area (Å²) in [4.78, 5) is 11.7. The number of hydrogen-bond acceptors (Lipinski definition) is 7. The zero-order chi connectivity index (χ0) is 25.8. The second-order valence-corrected chi connectivity index (χ2v) is 9.34. The molecule has 0 aliphatic rings. The molecular formula is C21H17F3N8O2S2. The van der Waals surface area contributed by atoms with Crippen LogP contribution in [0.4, 0.5) is 30.8 Å². The van der Waals surface area contributed by atoms with E-state index in [4.69, 9.17) is 12.2 Å². The molecule has 0 unspecified atom stereocenters. The molecule has 0 aliphatic heterocycles. The van der Waals surface area contributed by atoms with Crippen LogP contribution in [0.3, 0.4) is 0 Å². The minimum atomic E-state index is -4.43. The van der Waals surface area contributed by atoms with Crippen LogP contribution in [0, 0.1) is 0 Å². The van der Waals surface area contributed by atoms with Crippen molar-refractivity contribution in [2.24, 2.45) is 0 Å². The molecule has 2 heterocycles. The fourth-order valence-electron chi connectivity index (χ4n) is 2.97. The highest BCUT2D eigenvalue weighted by atomic mass is 32.2. The molecule has 0 radical (unpaired) electrons. The first-order valence-electron chi connectivity index (χ1n) is 10.1. The number of halogens is 3. The first-order valence-corrected chi connectivity index (χ1v) is 12.0. The van der Waals surface area contributed by atoms with Crippen molar-refractivity contribution in [2.75, 3.05) is 15.4 Å². The van der Waals surface area contributed by atoms with Crippen molar-refractivity contribution in [1.29, 1.82) is 0 Å². The summed E-state index contributed by atoms with van der Waals surface area (Å²) >= 11 is 5.22. The zero-order valence-electron chi connectivity index (χ0n) is 18.1. The second-order valence-electron chi connectivity index (χ2n) is 7.25. The normalized spacial score (nSPS) is 11.6. The van der Waals surface area contributed by atoms with Gasteiger partial charge in [0.1, 0.15) is 6.33 Å². The summed E-state index contributed by atoms with van der Waals surface area (Å²) in [5, 5.41) is 9.90. The van der Waals surface area contributed by atoms with Crippen LogP contribution in [0.2, 0.25) is 0 Å². The number of hydrogen-bond donors (Lipinski definition) is 3. The van der Waals surface area contributed by atoms with E-state index in [1.54, 1.807) is 12.1 Å². The van der Waals surface area contributed by atoms with Gasteiger partial charge in [-0.15, -0.1) is 5.10 Å². The van der Waals surface area contributed by atoms with Crippen molar-refractivity contribution in [1.82, 2.24) is 24.7 Å². The average molecular weight is 535 g/mol. The van der Waals surface area contributed by atoms with E-state index in [1.165, 1.54) is 53.7 Å². The van der Waals surface area contributed by atoms with E-state index in [0.29, 0.717) is 11.3 Å². The lowest BCUT2D eigenvalue weighted by molar-refractivity contribution is -0.137. The lowest BCUT2D eigenvalue weighted by atomic mass is 10.1. The number of anilines is 3. The molecule has 0 fully saturated rings. The molecule has 0 atom stereocenters. The second kappa shape index (κ2) is 10.2. The van der Waals surface area contributed by atoms with Gasteiger partial charge in [-0.2, -0.15) is 13.2 Å². The van der Waals surface area contributed by atoms with Gasteiger partial charge in [0.05, 0.1) is 17.0 Å². The van der Waals surface area contributed by atoms with E-state index in [-0.39, 0.29) is 28.4 Å². The van der Waals surface area contributed by atoms with Gasteiger partial charge in [0, 0.05) is 18.1 Å². The van der Waals surface area contributed by atoms with Gasteiger partial charge in [0.25, 0.3) is 10.0 Å². The number of nitrogens with zero attached hydrogens (tertiary/aromatic N) is 5. The summed E-state index contributed by atoms with van der Waals surface area (Å²) in [5.74, 6) is 0.0795. The lowest BCUT2D eigenvalue weighted by Gasteiger charge is -2.10. The Labute approximate surface area is 208 Å². The van der Waals surface area contributed by atoms with Gasteiger partial charge in [0.15, 0.2) is 5.11 Å². The van der Waals surface area contributed by atoms with Crippen LogP contribution in [-0.2, 0) is 22.7 Å². The predicted molar refractivity (Wildman–Crippen MR) is 130 cm³/mol. The van der Waals surface area contributed by atoms with Crippen LogP contribution >= 0.6 is 12.2 Å². The third kappa shape index (κ3) is 6.51. The molecule has 0 saturated carbocycles. The monoisotopic (exact) mass is 534 g/mol. The molecule has 36 heavy (non-hydrogen) atoms. The molecule has 186 valence electrons. The molecule has 2 aromatic carbocycles. The molecule has 0 saturated heterocycles. The highest BCUT2D eigenvalue weighted by Crippen LogP contribution is 2.29. The minimum absolute atomic E-state index is 0.00520. The Morgan fingerprint density at radius 3 is 2.36 bits per heavy atom. The fourth-order valence-corrected chi connectivity index (χ4v) is 4.14. The molecule has 0 amide bonds. The Kier molecular flexibility index (Phi) is 7.12. The van der Waals surface area contributed by atoms with E-state index in [1.807, 2.05) is 0 Å². The van der Waals surface area contributed by atoms with Crippen molar-refractivity contribution in [2.45, 2.75) is 17.6 Å². The van der Waals surface area contributed by atoms with Gasteiger partial charge in [0.2, 0.25) is 11.9 Å². The van der Waals surface area contributed by atoms with Gasteiger partial charge in [-0.1, -0.05) is 12.1 Å². The molecular weight excluding hydrogens is 517 g/mol. The van der Waals surface area contributed by atoms with Crippen molar-refractivity contribution in [3.8, 4) is 0 Å². The quantitative estimate of drug-likeness (QED) is 0.304. The third-order valence-corrected chi connectivity index (χ3v) is 6.12. The molecule has 4 rings (SSSR count). The highest BCUT2D eigenvalue weighted by Gasteiger charge is 2.30. The first-order chi connectivity index (χ1) is 17.1. The average Bonchev–Trinajstić information content (AvgIpc) is 3.25. The topological polar surface area (TPSA) is 127 Å². The van der Waals surface area contributed by atoms with E-state index in [9.17, 15) is 21.6 Å². The number of benzene rings is 2. The SMILES string of the molecule is O=S(=O)(Nc1ncccn1)c1ccc(NC(=S)Nc2ncn(Cc3cccc(C(F)(F)F)c3)n2)cc1. The largest absolute Gasteiger partial charge is 0.416 e. The maximum Gasteiger partial charge on any atom is 0.416 e. The van der Waals surface area contributed by atoms with Gasteiger partial charge in [-0.3, -0.25) is 5.32 Å². The number of alkyl halides is 3. The van der Waals surface area contributed by atoms with Crippen molar-refractivity contribution in [3.63, 3.8) is 0 Å². The summed E-state index contributed by atoms with van der Waals surface area (Å²) in [6.07, 6.45) is -0.253. The Balaban J connectivity index is 1.34. The molecule has 15 heteroatoms. The Morgan fingerprint density at radius 1 is 0.944 bits per heavy atom. The summed E-state index contributed by atoms with van der Waals surface area (Å²) < 4.78 is 67.2. The van der Waals surface area contributed by atoms with Gasteiger partial charge in [-0.25, -0.2) is 32.8 Å². The molecule has 0 spiro atoms. The predicted octanol–water partition coefficient (Wildman–Crippen LogP) is 3.74. The Bertz CT molecular complexity index is 1460. The molecule has 2 aromatic heterocycles. The number of thiocarbonyl (C=S) groups is 1. The van der Waals surface area contributed by atoms with Crippen LogP contribution in [0.5, 0.6) is 0 Å². The smallest absolute Gasteiger partial charge is 0.332 e. The van der Waals surface area contributed by atoms with Gasteiger partial charge < -0.3 is 5.32 Å². The zero-order valence-corrected chi connectivity index (χ0v) is 19.8. The molecule has 4 aromatic rings. The summed E-state index contributed by atoms with van der Waals surface area (Å²) in [5.41, 5.74) is 0.156. The maximum atomic E-state index is 12.9. The number of rotatable bonds is 7. The van der Waals surface area contributed by atoms with E-state index in [2.05, 4.69) is 35.4 Å². The fraction of sp³-hybridized carbons (Fsp3) is 0.0952. The number of nitrogens with one attached hydrogen (secondary N) is 3. The van der Waals surface area contributed by atoms with E-state index in [0.717, 1.165) is 12.1 Å². The number of sulfonamides is 1. The van der Waals surface area contributed by atoms with E-state index >= 15 is 0 Å². The molecule has 0 bridgehead atoms. The van der Waals surface area contributed by atoms with Gasteiger partial charge >= 0.3 is 6.18 Å². The summed E-state index contributed by atoms with van der Waals surface area (Å²) in [7, 11) is -3.88. The molecule has 3 N–H and O–H groups in total. The maximum absolute atomic E-state index is 12.9. The van der Waals surface area contributed by atoms with Crippen molar-refractivity contribution >= 4 is 44.9 Å². The van der Waals surface area contributed by atoms with Crippen LogP contribution in [0.15, 0.2) is 78.2 Å². The van der Waals surface area contributed by atoms with Crippen LogP contribution in [-0.4, -0.2) is 38.3 Å². The molecule has 0 aliphatic carbocycles. The van der Waals surface area contributed by atoms with E-state index < -0.39 is 21.8 Å². The first kappa shape index (κ1) is 25.0. The van der Waals surface area contributed by atoms with Crippen LogP contribution in [0.25, 0.3) is 0 Å². The Hall–Kier alpha value is -4.11. The number of aromatic nitrogens is 5. The molecule has 10 nitrogen and oxygen atoms in total. The van der Waals surface area contributed by atoms with Crippen LogP contribution in [0.1, 0.15) is 11.1 Å². The van der Waals surface area contributed by atoms with Crippen molar-refractivity contribution in [3.05, 3.63) is 84.4 Å². The standard InChI is InChI=1S/C21H17F3N8O2S2/c22-21(23,24)15-4-1-3-14(11-15)12-32-13-27-19(30-32)29-20(35)28-16-5-7-17(8-6-16)36(33,34)31-18-25-9-2-10-26-18/h1-11,13H,12H2,(H,25,26,31)(H2,28,29,30,35). The Morgan fingerprint density at radius 2 is 1.67 bits per heavy atom. The van der Waals surface area contributed by atoms with Gasteiger partial charge in [-0.05, 0) is 60.2 Å². The van der Waals surface area contributed by atoms with Crippen LogP contribution < -0.4 is 15.4 Å². The summed E-state index contributed by atoms with van der Waals surface area (Å²) in [6, 6.07) is 12.3. The lowest BCUT2D eigenvalue weighted by Crippen LogP contribution is -2.20. The highest BCUT2D eigenvalue weighted by molar-refractivity contribution is 7.92. The third-order valence-electron chi connectivity index (χ3n) is 4.57.